The molecule has 2 rings (SSSR count). The highest BCUT2D eigenvalue weighted by molar-refractivity contribution is 9.10. The van der Waals surface area contributed by atoms with Gasteiger partial charge in [-0.25, -0.2) is 9.18 Å². The van der Waals surface area contributed by atoms with Crippen molar-refractivity contribution in [2.24, 2.45) is 0 Å². The first-order chi connectivity index (χ1) is 9.70. The molecule has 0 aliphatic rings. The second kappa shape index (κ2) is 5.48. The number of carboxylic acid groups (broad SMARTS) is 1. The highest BCUT2D eigenvalue weighted by Gasteiger charge is 2.35. The van der Waals surface area contributed by atoms with Crippen LogP contribution in [-0.2, 0) is 6.18 Å². The Labute approximate surface area is 125 Å². The molecular formula is C14H7BrF4O2. The second-order valence-corrected chi connectivity index (χ2v) is 5.10. The molecule has 7 heteroatoms. The summed E-state index contributed by atoms with van der Waals surface area (Å²) in [5, 5.41) is 8.81. The molecule has 0 heterocycles. The summed E-state index contributed by atoms with van der Waals surface area (Å²) in [5.74, 6) is -2.39. The smallest absolute Gasteiger partial charge is 0.417 e. The Bertz CT molecular complexity index is 711. The summed E-state index contributed by atoms with van der Waals surface area (Å²) in [5.41, 5.74) is -2.29. The van der Waals surface area contributed by atoms with Crippen LogP contribution < -0.4 is 0 Å². The minimum absolute atomic E-state index is 0.0492. The van der Waals surface area contributed by atoms with E-state index in [4.69, 9.17) is 5.11 Å². The highest BCUT2D eigenvalue weighted by Crippen LogP contribution is 2.36. The molecule has 0 aliphatic carbocycles. The molecule has 0 fully saturated rings. The Morgan fingerprint density at radius 3 is 2.33 bits per heavy atom. The van der Waals surface area contributed by atoms with Crippen LogP contribution in [0.1, 0.15) is 15.9 Å². The Morgan fingerprint density at radius 2 is 1.76 bits per heavy atom. The fourth-order valence-electron chi connectivity index (χ4n) is 1.85. The lowest BCUT2D eigenvalue weighted by Gasteiger charge is -2.13. The number of hydrogen-bond acceptors (Lipinski definition) is 1. The SMILES string of the molecule is O=C(O)c1ccc(-c2cc(Br)ccc2F)cc1C(F)(F)F. The van der Waals surface area contributed by atoms with E-state index in [1.807, 2.05) is 0 Å². The van der Waals surface area contributed by atoms with E-state index in [0.717, 1.165) is 18.2 Å². The molecule has 2 aromatic rings. The van der Waals surface area contributed by atoms with Gasteiger partial charge in [-0.3, -0.25) is 0 Å². The Hall–Kier alpha value is -1.89. The van der Waals surface area contributed by atoms with Gasteiger partial charge in [0.25, 0.3) is 0 Å². The van der Waals surface area contributed by atoms with Crippen LogP contribution in [0.3, 0.4) is 0 Å². The lowest BCUT2D eigenvalue weighted by Crippen LogP contribution is -2.13. The van der Waals surface area contributed by atoms with Crippen LogP contribution in [0.5, 0.6) is 0 Å². The van der Waals surface area contributed by atoms with Gasteiger partial charge in [0.1, 0.15) is 5.82 Å². The van der Waals surface area contributed by atoms with E-state index in [1.54, 1.807) is 0 Å². The Kier molecular flexibility index (Phi) is 4.04. The number of rotatable bonds is 2. The van der Waals surface area contributed by atoms with Crippen LogP contribution in [0, 0.1) is 5.82 Å². The molecule has 2 aromatic carbocycles. The predicted octanol–water partition coefficient (Wildman–Crippen LogP) is 4.97. The molecule has 21 heavy (non-hydrogen) atoms. The van der Waals surface area contributed by atoms with Crippen LogP contribution in [0.15, 0.2) is 40.9 Å². The van der Waals surface area contributed by atoms with Crippen LogP contribution in [0.4, 0.5) is 17.6 Å². The number of alkyl halides is 3. The molecule has 110 valence electrons. The van der Waals surface area contributed by atoms with Gasteiger partial charge < -0.3 is 5.11 Å². The van der Waals surface area contributed by atoms with Crippen molar-refractivity contribution in [3.63, 3.8) is 0 Å². The number of aromatic carboxylic acids is 1. The first kappa shape index (κ1) is 15.5. The monoisotopic (exact) mass is 362 g/mol. The number of carbonyl (C=O) groups is 1. The predicted molar refractivity (Wildman–Crippen MR) is 71.5 cm³/mol. The van der Waals surface area contributed by atoms with E-state index in [2.05, 4.69) is 15.9 Å². The molecule has 0 amide bonds. The molecule has 0 aliphatic heterocycles. The van der Waals surface area contributed by atoms with E-state index in [1.165, 1.54) is 12.1 Å². The molecule has 0 aromatic heterocycles. The fourth-order valence-corrected chi connectivity index (χ4v) is 2.21. The summed E-state index contributed by atoms with van der Waals surface area (Å²) in [6.07, 6.45) is -4.84. The van der Waals surface area contributed by atoms with Crippen LogP contribution in [0.2, 0.25) is 0 Å². The van der Waals surface area contributed by atoms with Crippen molar-refractivity contribution in [1.29, 1.82) is 0 Å². The maximum atomic E-state index is 13.7. The van der Waals surface area contributed by atoms with Crippen LogP contribution in [-0.4, -0.2) is 11.1 Å². The lowest BCUT2D eigenvalue weighted by atomic mass is 9.98. The van der Waals surface area contributed by atoms with Crippen molar-refractivity contribution in [3.05, 3.63) is 57.8 Å². The number of benzene rings is 2. The van der Waals surface area contributed by atoms with E-state index < -0.39 is 29.1 Å². The molecular weight excluding hydrogens is 356 g/mol. The zero-order chi connectivity index (χ0) is 15.8. The van der Waals surface area contributed by atoms with Gasteiger partial charge in [-0.05, 0) is 35.9 Å². The van der Waals surface area contributed by atoms with Crippen LogP contribution in [0.25, 0.3) is 11.1 Å². The largest absolute Gasteiger partial charge is 0.478 e. The maximum absolute atomic E-state index is 13.7. The lowest BCUT2D eigenvalue weighted by molar-refractivity contribution is -0.138. The zero-order valence-electron chi connectivity index (χ0n) is 10.2. The van der Waals surface area contributed by atoms with Gasteiger partial charge in [0, 0.05) is 10.0 Å². The molecule has 0 spiro atoms. The van der Waals surface area contributed by atoms with Gasteiger partial charge >= 0.3 is 12.1 Å². The van der Waals surface area contributed by atoms with Gasteiger partial charge in [0.05, 0.1) is 11.1 Å². The number of hydrogen-bond donors (Lipinski definition) is 1. The van der Waals surface area contributed by atoms with Crippen molar-refractivity contribution in [3.8, 4) is 11.1 Å². The van der Waals surface area contributed by atoms with E-state index >= 15 is 0 Å². The van der Waals surface area contributed by atoms with Gasteiger partial charge in [-0.2, -0.15) is 13.2 Å². The highest BCUT2D eigenvalue weighted by atomic mass is 79.9. The third-order valence-corrected chi connectivity index (χ3v) is 3.29. The standard InChI is InChI=1S/C14H7BrF4O2/c15-8-2-4-12(16)10(6-8)7-1-3-9(13(20)21)11(5-7)14(17,18)19/h1-6H,(H,20,21). The van der Waals surface area contributed by atoms with Gasteiger partial charge in [-0.15, -0.1) is 0 Å². The maximum Gasteiger partial charge on any atom is 0.417 e. The molecule has 0 unspecified atom stereocenters. The second-order valence-electron chi connectivity index (χ2n) is 4.19. The molecule has 0 radical (unpaired) electrons. The summed E-state index contributed by atoms with van der Waals surface area (Å²) in [4.78, 5) is 10.9. The minimum atomic E-state index is -4.84. The summed E-state index contributed by atoms with van der Waals surface area (Å²) < 4.78 is 53.0. The molecule has 0 atom stereocenters. The first-order valence-corrected chi connectivity index (χ1v) is 6.39. The topological polar surface area (TPSA) is 37.3 Å². The summed E-state index contributed by atoms with van der Waals surface area (Å²) in [6.45, 7) is 0. The molecule has 0 saturated heterocycles. The molecule has 0 saturated carbocycles. The first-order valence-electron chi connectivity index (χ1n) is 5.60. The van der Waals surface area contributed by atoms with Crippen molar-refractivity contribution in [2.75, 3.05) is 0 Å². The van der Waals surface area contributed by atoms with Crippen molar-refractivity contribution in [1.82, 2.24) is 0 Å². The third-order valence-electron chi connectivity index (χ3n) is 2.79. The average molecular weight is 363 g/mol. The Balaban J connectivity index is 2.67. The number of halogens is 5. The Morgan fingerprint density at radius 1 is 1.10 bits per heavy atom. The quantitative estimate of drug-likeness (QED) is 0.765. The van der Waals surface area contributed by atoms with Crippen molar-refractivity contribution in [2.45, 2.75) is 6.18 Å². The summed E-state index contributed by atoms with van der Waals surface area (Å²) >= 11 is 3.11. The van der Waals surface area contributed by atoms with Gasteiger partial charge in [0.2, 0.25) is 0 Å². The normalized spacial score (nSPS) is 11.5. The van der Waals surface area contributed by atoms with Crippen LogP contribution >= 0.6 is 15.9 Å². The van der Waals surface area contributed by atoms with Crippen molar-refractivity contribution >= 4 is 21.9 Å². The molecule has 2 nitrogen and oxygen atoms in total. The summed E-state index contributed by atoms with van der Waals surface area (Å²) in [6, 6.07) is 6.44. The van der Waals surface area contributed by atoms with Gasteiger partial charge in [0.15, 0.2) is 0 Å². The summed E-state index contributed by atoms with van der Waals surface area (Å²) in [7, 11) is 0. The minimum Gasteiger partial charge on any atom is -0.478 e. The zero-order valence-corrected chi connectivity index (χ0v) is 11.8. The van der Waals surface area contributed by atoms with E-state index in [9.17, 15) is 22.4 Å². The van der Waals surface area contributed by atoms with E-state index in [0.29, 0.717) is 10.5 Å². The number of carboxylic acids is 1. The third kappa shape index (κ3) is 3.24. The fraction of sp³-hybridized carbons (Fsp3) is 0.0714. The van der Waals surface area contributed by atoms with Gasteiger partial charge in [-0.1, -0.05) is 22.0 Å². The molecule has 1 N–H and O–H groups in total. The average Bonchev–Trinajstić information content (AvgIpc) is 2.40. The molecule has 0 bridgehead atoms. The van der Waals surface area contributed by atoms with Crippen molar-refractivity contribution < 1.29 is 27.5 Å². The van der Waals surface area contributed by atoms with E-state index in [-0.39, 0.29) is 11.1 Å².